The van der Waals surface area contributed by atoms with Crippen molar-refractivity contribution in [1.29, 1.82) is 0 Å². The molecule has 2 unspecified atom stereocenters. The molecule has 11 heteroatoms. The van der Waals surface area contributed by atoms with Gasteiger partial charge in [-0.05, 0) is 32.9 Å². The SMILES string of the molecule is Cn1c(N2CC3CN(C(=O)OC(C)(C)C)CC3C2)nc(N)c(Sc2cccc(Cl)c2Cl)c1=O. The van der Waals surface area contributed by atoms with Crippen LogP contribution in [0.3, 0.4) is 0 Å². The summed E-state index contributed by atoms with van der Waals surface area (Å²) in [6, 6.07) is 5.23. The Bertz CT molecular complexity index is 1140. The highest BCUT2D eigenvalue weighted by Crippen LogP contribution is 2.38. The lowest BCUT2D eigenvalue weighted by Gasteiger charge is -2.26. The zero-order valence-corrected chi connectivity index (χ0v) is 21.3. The molecule has 2 N–H and O–H groups in total. The second-order valence-corrected chi connectivity index (χ2v) is 11.3. The average Bonchev–Trinajstić information content (AvgIpc) is 3.29. The molecule has 0 aliphatic carbocycles. The molecule has 1 aromatic heterocycles. The standard InChI is InChI=1S/C22H27Cl2N5O3S/c1-22(2,3)32-21(31)29-10-12-8-28(9-13(12)11-29)20-26-18(25)17(19(30)27(20)4)33-15-7-5-6-14(23)16(15)24/h5-7,12-13H,8-11,25H2,1-4H3. The maximum absolute atomic E-state index is 13.1. The van der Waals surface area contributed by atoms with Gasteiger partial charge in [0.2, 0.25) is 5.95 Å². The van der Waals surface area contributed by atoms with Gasteiger partial charge in [-0.3, -0.25) is 9.36 Å². The Kier molecular flexibility index (Phi) is 6.50. The highest BCUT2D eigenvalue weighted by molar-refractivity contribution is 7.99. The highest BCUT2D eigenvalue weighted by Gasteiger charge is 2.43. The summed E-state index contributed by atoms with van der Waals surface area (Å²) in [7, 11) is 1.69. The van der Waals surface area contributed by atoms with Crippen LogP contribution >= 0.6 is 35.0 Å². The molecule has 2 aliphatic heterocycles. The lowest BCUT2D eigenvalue weighted by atomic mass is 10.0. The number of benzene rings is 1. The number of nitrogen functional groups attached to an aromatic ring is 1. The van der Waals surface area contributed by atoms with Crippen LogP contribution in [0.1, 0.15) is 20.8 Å². The zero-order valence-electron chi connectivity index (χ0n) is 19.0. The van der Waals surface area contributed by atoms with Gasteiger partial charge in [-0.1, -0.05) is 41.0 Å². The quantitative estimate of drug-likeness (QED) is 0.661. The number of nitrogens with zero attached hydrogens (tertiary/aromatic N) is 4. The summed E-state index contributed by atoms with van der Waals surface area (Å²) in [6.07, 6.45) is -0.278. The van der Waals surface area contributed by atoms with Crippen LogP contribution in [-0.4, -0.2) is 52.3 Å². The number of carbonyl (C=O) groups is 1. The van der Waals surface area contributed by atoms with E-state index >= 15 is 0 Å². The summed E-state index contributed by atoms with van der Waals surface area (Å²) in [6.45, 7) is 8.22. The van der Waals surface area contributed by atoms with Gasteiger partial charge in [0.25, 0.3) is 5.56 Å². The summed E-state index contributed by atoms with van der Waals surface area (Å²) >= 11 is 13.5. The van der Waals surface area contributed by atoms with E-state index in [2.05, 4.69) is 9.88 Å². The Morgan fingerprint density at radius 3 is 2.42 bits per heavy atom. The van der Waals surface area contributed by atoms with Crippen LogP contribution < -0.4 is 16.2 Å². The van der Waals surface area contributed by atoms with E-state index in [9.17, 15) is 9.59 Å². The smallest absolute Gasteiger partial charge is 0.410 e. The molecule has 0 radical (unpaired) electrons. The molecule has 2 fully saturated rings. The van der Waals surface area contributed by atoms with Crippen LogP contribution in [-0.2, 0) is 11.8 Å². The molecule has 0 saturated carbocycles. The van der Waals surface area contributed by atoms with E-state index in [1.54, 1.807) is 30.1 Å². The molecule has 178 valence electrons. The lowest BCUT2D eigenvalue weighted by Crippen LogP contribution is -2.38. The monoisotopic (exact) mass is 511 g/mol. The maximum atomic E-state index is 13.1. The van der Waals surface area contributed by atoms with E-state index in [4.69, 9.17) is 33.7 Å². The molecule has 3 heterocycles. The van der Waals surface area contributed by atoms with Crippen molar-refractivity contribution in [2.75, 3.05) is 36.8 Å². The van der Waals surface area contributed by atoms with Gasteiger partial charge in [-0.15, -0.1) is 0 Å². The molecule has 0 spiro atoms. The van der Waals surface area contributed by atoms with E-state index in [0.29, 0.717) is 52.0 Å². The molecule has 1 amide bonds. The summed E-state index contributed by atoms with van der Waals surface area (Å²) < 4.78 is 7.02. The number of fused-ring (bicyclic) bond motifs is 1. The van der Waals surface area contributed by atoms with E-state index in [-0.39, 0.29) is 29.3 Å². The van der Waals surface area contributed by atoms with Gasteiger partial charge in [0.05, 0.1) is 10.0 Å². The number of hydrogen-bond acceptors (Lipinski definition) is 7. The Balaban J connectivity index is 1.50. The predicted octanol–water partition coefficient (Wildman–Crippen LogP) is 4.12. The van der Waals surface area contributed by atoms with E-state index in [1.165, 1.54) is 4.57 Å². The molecule has 2 atom stereocenters. The first kappa shape index (κ1) is 24.0. The number of rotatable bonds is 3. The second-order valence-electron chi connectivity index (χ2n) is 9.45. The molecular formula is C22H27Cl2N5O3S. The zero-order chi connectivity index (χ0) is 24.1. The minimum absolute atomic E-state index is 0.154. The first-order valence-electron chi connectivity index (χ1n) is 10.7. The summed E-state index contributed by atoms with van der Waals surface area (Å²) in [5.74, 6) is 1.25. The molecule has 2 aromatic rings. The predicted molar refractivity (Wildman–Crippen MR) is 131 cm³/mol. The first-order valence-corrected chi connectivity index (χ1v) is 12.2. The number of amides is 1. The number of anilines is 2. The van der Waals surface area contributed by atoms with Crippen LogP contribution in [0.5, 0.6) is 0 Å². The number of likely N-dealkylation sites (tertiary alicyclic amines) is 1. The number of ether oxygens (including phenoxy) is 1. The summed E-state index contributed by atoms with van der Waals surface area (Å²) in [4.78, 5) is 34.9. The average molecular weight is 512 g/mol. The van der Waals surface area contributed by atoms with Gasteiger partial charge >= 0.3 is 6.09 Å². The molecule has 0 bridgehead atoms. The van der Waals surface area contributed by atoms with Gasteiger partial charge in [-0.25, -0.2) is 4.79 Å². The maximum Gasteiger partial charge on any atom is 0.410 e. The van der Waals surface area contributed by atoms with Crippen molar-refractivity contribution in [2.24, 2.45) is 18.9 Å². The minimum atomic E-state index is -0.518. The lowest BCUT2D eigenvalue weighted by molar-refractivity contribution is 0.0282. The van der Waals surface area contributed by atoms with Gasteiger partial charge < -0.3 is 20.3 Å². The van der Waals surface area contributed by atoms with E-state index in [0.717, 1.165) is 11.8 Å². The molecule has 2 aliphatic rings. The third kappa shape index (κ3) is 4.90. The third-order valence-corrected chi connectivity index (χ3v) is 7.88. The Morgan fingerprint density at radius 1 is 1.18 bits per heavy atom. The number of nitrogens with two attached hydrogens (primary N) is 1. The van der Waals surface area contributed by atoms with Crippen LogP contribution in [0.2, 0.25) is 10.0 Å². The number of hydrogen-bond donors (Lipinski definition) is 1. The number of carbonyl (C=O) groups excluding carboxylic acids is 1. The van der Waals surface area contributed by atoms with Crippen molar-refractivity contribution in [3.63, 3.8) is 0 Å². The summed E-state index contributed by atoms with van der Waals surface area (Å²) in [5.41, 5.74) is 5.45. The van der Waals surface area contributed by atoms with Crippen molar-refractivity contribution in [3.8, 4) is 0 Å². The fraction of sp³-hybridized carbons (Fsp3) is 0.500. The largest absolute Gasteiger partial charge is 0.444 e. The van der Waals surface area contributed by atoms with Crippen molar-refractivity contribution in [1.82, 2.24) is 14.5 Å². The molecule has 2 saturated heterocycles. The molecular weight excluding hydrogens is 485 g/mol. The van der Waals surface area contributed by atoms with Crippen molar-refractivity contribution < 1.29 is 9.53 Å². The fourth-order valence-corrected chi connectivity index (χ4v) is 5.68. The van der Waals surface area contributed by atoms with E-state index in [1.807, 2.05) is 20.8 Å². The van der Waals surface area contributed by atoms with Crippen molar-refractivity contribution in [2.45, 2.75) is 36.2 Å². The van der Waals surface area contributed by atoms with Crippen molar-refractivity contribution in [3.05, 3.63) is 38.6 Å². The normalized spacial score (nSPS) is 20.3. The van der Waals surface area contributed by atoms with Crippen LogP contribution in [0.25, 0.3) is 0 Å². The Morgan fingerprint density at radius 2 is 1.82 bits per heavy atom. The second kappa shape index (κ2) is 8.92. The number of halogens is 2. The van der Waals surface area contributed by atoms with Gasteiger partial charge in [-0.2, -0.15) is 4.98 Å². The van der Waals surface area contributed by atoms with Crippen LogP contribution in [0.15, 0.2) is 32.8 Å². The Hall–Kier alpha value is -2.10. The van der Waals surface area contributed by atoms with Gasteiger partial charge in [0, 0.05) is 50.0 Å². The number of aromatic nitrogens is 2. The highest BCUT2D eigenvalue weighted by atomic mass is 35.5. The van der Waals surface area contributed by atoms with Crippen molar-refractivity contribution >= 4 is 52.8 Å². The minimum Gasteiger partial charge on any atom is -0.444 e. The fourth-order valence-electron chi connectivity index (χ4n) is 4.27. The van der Waals surface area contributed by atoms with Gasteiger partial charge in [0.1, 0.15) is 16.3 Å². The molecule has 1 aromatic carbocycles. The Labute approximate surface area is 207 Å². The van der Waals surface area contributed by atoms with Gasteiger partial charge in [0.15, 0.2) is 0 Å². The van der Waals surface area contributed by atoms with Crippen LogP contribution in [0, 0.1) is 11.8 Å². The first-order chi connectivity index (χ1) is 15.4. The third-order valence-electron chi connectivity index (χ3n) is 5.80. The van der Waals surface area contributed by atoms with Crippen LogP contribution in [0.4, 0.5) is 16.6 Å². The molecule has 8 nitrogen and oxygen atoms in total. The molecule has 4 rings (SSSR count). The topological polar surface area (TPSA) is 93.7 Å². The van der Waals surface area contributed by atoms with E-state index < -0.39 is 5.60 Å². The molecule has 33 heavy (non-hydrogen) atoms. The summed E-state index contributed by atoms with van der Waals surface area (Å²) in [5, 5.41) is 0.780.